The number of rotatable bonds is 6. The molecule has 6 heteroatoms. The maximum absolute atomic E-state index is 13.3. The average Bonchev–Trinajstić information content (AvgIpc) is 2.70. The highest BCUT2D eigenvalue weighted by atomic mass is 35.5. The van der Waals surface area contributed by atoms with E-state index in [1.165, 1.54) is 12.1 Å². The van der Waals surface area contributed by atoms with Gasteiger partial charge in [-0.2, -0.15) is 0 Å². The Morgan fingerprint density at radius 1 is 0.750 bits per heavy atom. The summed E-state index contributed by atoms with van der Waals surface area (Å²) >= 11 is 12.0. The van der Waals surface area contributed by atoms with Gasteiger partial charge in [0.1, 0.15) is 0 Å². The average molecular weight is 414 g/mol. The Balaban J connectivity index is 2.01. The summed E-state index contributed by atoms with van der Waals surface area (Å²) in [6.07, 6.45) is 0. The fraction of sp³-hybridized carbons (Fsp3) is 0.0909. The van der Waals surface area contributed by atoms with Gasteiger partial charge in [-0.05, 0) is 23.3 Å². The van der Waals surface area contributed by atoms with E-state index in [-0.39, 0.29) is 21.2 Å². The third-order valence-corrected chi connectivity index (χ3v) is 4.96. The molecule has 0 bridgehead atoms. The Labute approximate surface area is 172 Å². The van der Waals surface area contributed by atoms with Crippen LogP contribution in [0.1, 0.15) is 31.8 Å². The number of halogens is 2. The monoisotopic (exact) mass is 413 g/mol. The van der Waals surface area contributed by atoms with E-state index >= 15 is 0 Å². The van der Waals surface area contributed by atoms with Crippen molar-refractivity contribution in [2.45, 2.75) is 13.1 Å². The van der Waals surface area contributed by atoms with E-state index in [0.717, 1.165) is 11.1 Å². The molecule has 0 heterocycles. The molecule has 0 atom stereocenters. The number of aromatic carboxylic acids is 1. The number of carbonyl (C=O) groups is 2. The zero-order valence-corrected chi connectivity index (χ0v) is 16.3. The highest BCUT2D eigenvalue weighted by Gasteiger charge is 2.24. The molecule has 0 aliphatic carbocycles. The van der Waals surface area contributed by atoms with Crippen molar-refractivity contribution in [3.8, 4) is 0 Å². The first-order chi connectivity index (χ1) is 13.5. The van der Waals surface area contributed by atoms with Gasteiger partial charge >= 0.3 is 5.97 Å². The lowest BCUT2D eigenvalue weighted by Crippen LogP contribution is -2.31. The number of carboxylic acid groups (broad SMARTS) is 1. The summed E-state index contributed by atoms with van der Waals surface area (Å²) in [5, 5.41) is 9.74. The van der Waals surface area contributed by atoms with Crippen LogP contribution in [0.3, 0.4) is 0 Å². The molecule has 1 N–H and O–H groups in total. The van der Waals surface area contributed by atoms with Gasteiger partial charge in [0.15, 0.2) is 0 Å². The Kier molecular flexibility index (Phi) is 6.34. The normalized spacial score (nSPS) is 10.5. The van der Waals surface area contributed by atoms with Crippen molar-refractivity contribution in [2.75, 3.05) is 0 Å². The van der Waals surface area contributed by atoms with Crippen molar-refractivity contribution >= 4 is 35.1 Å². The van der Waals surface area contributed by atoms with Gasteiger partial charge in [-0.15, -0.1) is 0 Å². The summed E-state index contributed by atoms with van der Waals surface area (Å²) in [7, 11) is 0. The van der Waals surface area contributed by atoms with E-state index in [2.05, 4.69) is 0 Å². The van der Waals surface area contributed by atoms with Crippen LogP contribution < -0.4 is 0 Å². The summed E-state index contributed by atoms with van der Waals surface area (Å²) in [6.45, 7) is 0.655. The molecule has 142 valence electrons. The van der Waals surface area contributed by atoms with Gasteiger partial charge in [-0.1, -0.05) is 83.9 Å². The molecule has 0 radical (unpaired) electrons. The van der Waals surface area contributed by atoms with E-state index in [4.69, 9.17) is 23.2 Å². The first kappa shape index (κ1) is 19.9. The number of hydrogen-bond donors (Lipinski definition) is 1. The number of hydrogen-bond acceptors (Lipinski definition) is 2. The molecular weight excluding hydrogens is 397 g/mol. The molecule has 0 unspecified atom stereocenters. The van der Waals surface area contributed by atoms with E-state index in [9.17, 15) is 14.7 Å². The van der Waals surface area contributed by atoms with Crippen LogP contribution in [0.15, 0.2) is 72.8 Å². The van der Waals surface area contributed by atoms with Crippen LogP contribution in [-0.2, 0) is 13.1 Å². The predicted molar refractivity (Wildman–Crippen MR) is 110 cm³/mol. The number of nitrogens with zero attached hydrogens (tertiary/aromatic N) is 1. The zero-order valence-electron chi connectivity index (χ0n) is 14.8. The molecule has 4 nitrogen and oxygen atoms in total. The topological polar surface area (TPSA) is 57.6 Å². The summed E-state index contributed by atoms with van der Waals surface area (Å²) < 4.78 is 0. The van der Waals surface area contributed by atoms with Gasteiger partial charge < -0.3 is 10.0 Å². The lowest BCUT2D eigenvalue weighted by molar-refractivity contribution is 0.0668. The zero-order chi connectivity index (χ0) is 20.1. The molecule has 1 amide bonds. The SMILES string of the molecule is O=C(O)c1cc(Cl)c(Cl)cc1C(=O)N(Cc1ccccc1)Cc1ccccc1. The van der Waals surface area contributed by atoms with Crippen LogP contribution in [0.25, 0.3) is 0 Å². The standard InChI is InChI=1S/C22H17Cl2NO3/c23-19-11-17(18(22(27)28)12-20(19)24)21(26)25(13-15-7-3-1-4-8-15)14-16-9-5-2-6-10-16/h1-12H,13-14H2,(H,27,28). The Bertz CT molecular complexity index is 950. The van der Waals surface area contributed by atoms with E-state index in [1.807, 2.05) is 60.7 Å². The van der Waals surface area contributed by atoms with E-state index in [1.54, 1.807) is 4.90 Å². The second-order valence-electron chi connectivity index (χ2n) is 6.25. The molecule has 0 spiro atoms. The highest BCUT2D eigenvalue weighted by molar-refractivity contribution is 6.42. The van der Waals surface area contributed by atoms with Crippen LogP contribution in [-0.4, -0.2) is 21.9 Å². The highest BCUT2D eigenvalue weighted by Crippen LogP contribution is 2.28. The maximum Gasteiger partial charge on any atom is 0.336 e. The number of carbonyl (C=O) groups excluding carboxylic acids is 1. The lowest BCUT2D eigenvalue weighted by atomic mass is 10.0. The molecule has 3 aromatic rings. The van der Waals surface area contributed by atoms with Crippen LogP contribution in [0, 0.1) is 0 Å². The minimum atomic E-state index is -1.23. The van der Waals surface area contributed by atoms with Gasteiger partial charge in [0.05, 0.1) is 21.2 Å². The van der Waals surface area contributed by atoms with Crippen LogP contribution in [0.4, 0.5) is 0 Å². The van der Waals surface area contributed by atoms with Crippen molar-refractivity contribution in [1.29, 1.82) is 0 Å². The minimum Gasteiger partial charge on any atom is -0.478 e. The summed E-state index contributed by atoms with van der Waals surface area (Å²) in [5.41, 5.74) is 1.70. The molecule has 0 aromatic heterocycles. The maximum atomic E-state index is 13.3. The Morgan fingerprint density at radius 2 is 1.18 bits per heavy atom. The Morgan fingerprint density at radius 3 is 1.61 bits per heavy atom. The molecule has 0 saturated heterocycles. The number of benzene rings is 3. The third-order valence-electron chi connectivity index (χ3n) is 4.24. The second-order valence-corrected chi connectivity index (χ2v) is 7.06. The molecule has 0 aliphatic heterocycles. The smallest absolute Gasteiger partial charge is 0.336 e. The summed E-state index contributed by atoms with van der Waals surface area (Å²) in [6, 6.07) is 21.5. The largest absolute Gasteiger partial charge is 0.478 e. The van der Waals surface area contributed by atoms with Crippen LogP contribution in [0.2, 0.25) is 10.0 Å². The Hall–Kier alpha value is -2.82. The van der Waals surface area contributed by atoms with E-state index in [0.29, 0.717) is 13.1 Å². The first-order valence-corrected chi connectivity index (χ1v) is 9.30. The molecule has 28 heavy (non-hydrogen) atoms. The van der Waals surface area contributed by atoms with Gasteiger partial charge in [0.25, 0.3) is 5.91 Å². The van der Waals surface area contributed by atoms with Crippen molar-refractivity contribution in [1.82, 2.24) is 4.90 Å². The van der Waals surface area contributed by atoms with Crippen LogP contribution >= 0.6 is 23.2 Å². The molecular formula is C22H17Cl2NO3. The minimum absolute atomic E-state index is 0.00811. The number of amides is 1. The molecule has 0 saturated carbocycles. The van der Waals surface area contributed by atoms with E-state index < -0.39 is 11.9 Å². The second kappa shape index (κ2) is 8.91. The van der Waals surface area contributed by atoms with Gasteiger partial charge in [0, 0.05) is 13.1 Å². The fourth-order valence-electron chi connectivity index (χ4n) is 2.88. The number of carboxylic acids is 1. The third kappa shape index (κ3) is 4.71. The van der Waals surface area contributed by atoms with Gasteiger partial charge in [-0.3, -0.25) is 4.79 Å². The quantitative estimate of drug-likeness (QED) is 0.577. The molecule has 0 fully saturated rings. The van der Waals surface area contributed by atoms with Gasteiger partial charge in [0.2, 0.25) is 0 Å². The van der Waals surface area contributed by atoms with Gasteiger partial charge in [-0.25, -0.2) is 4.79 Å². The molecule has 0 aliphatic rings. The van der Waals surface area contributed by atoms with Crippen molar-refractivity contribution in [3.63, 3.8) is 0 Å². The molecule has 3 aromatic carbocycles. The fourth-order valence-corrected chi connectivity index (χ4v) is 3.21. The van der Waals surface area contributed by atoms with Crippen molar-refractivity contribution in [3.05, 3.63) is 105 Å². The first-order valence-electron chi connectivity index (χ1n) is 8.55. The predicted octanol–water partition coefficient (Wildman–Crippen LogP) is 5.53. The lowest BCUT2D eigenvalue weighted by Gasteiger charge is -2.24. The van der Waals surface area contributed by atoms with Crippen molar-refractivity contribution < 1.29 is 14.7 Å². The van der Waals surface area contributed by atoms with Crippen molar-refractivity contribution in [2.24, 2.45) is 0 Å². The molecule has 3 rings (SSSR count). The van der Waals surface area contributed by atoms with Crippen LogP contribution in [0.5, 0.6) is 0 Å². The summed E-state index contributed by atoms with van der Waals surface area (Å²) in [4.78, 5) is 26.6. The summed E-state index contributed by atoms with van der Waals surface area (Å²) in [5.74, 6) is -1.66.